The highest BCUT2D eigenvalue weighted by molar-refractivity contribution is 5.38. The Hall–Kier alpha value is -2.62. The third-order valence-electron chi connectivity index (χ3n) is 6.60. The molecule has 188 valence electrons. The number of rotatable bonds is 16. The summed E-state index contributed by atoms with van der Waals surface area (Å²) in [6.07, 6.45) is 9.08. The molecule has 0 heterocycles. The molecule has 0 radical (unpaired) electrons. The summed E-state index contributed by atoms with van der Waals surface area (Å²) < 4.78 is 12.9. The van der Waals surface area contributed by atoms with Crippen molar-refractivity contribution < 1.29 is 14.6 Å². The molecule has 0 aromatic heterocycles. The predicted octanol–water partition coefficient (Wildman–Crippen LogP) is 9.07. The maximum Gasteiger partial charge on any atom is 0.121 e. The first kappa shape index (κ1) is 27.0. The Bertz CT molecular complexity index is 955. The van der Waals surface area contributed by atoms with Crippen LogP contribution >= 0.6 is 0 Å². The molecule has 0 aliphatic heterocycles. The van der Waals surface area contributed by atoms with Gasteiger partial charge < -0.3 is 14.6 Å². The predicted molar refractivity (Wildman–Crippen MR) is 144 cm³/mol. The Morgan fingerprint density at radius 1 is 0.600 bits per heavy atom. The summed E-state index contributed by atoms with van der Waals surface area (Å²) in [4.78, 5) is 0. The zero-order chi connectivity index (χ0) is 24.7. The number of benzene rings is 3. The lowest BCUT2D eigenvalue weighted by molar-refractivity contribution is 0.0209. The van der Waals surface area contributed by atoms with Crippen LogP contribution in [0.3, 0.4) is 0 Å². The Labute approximate surface area is 212 Å². The zero-order valence-corrected chi connectivity index (χ0v) is 21.5. The molecule has 2 unspecified atom stereocenters. The summed E-state index contributed by atoms with van der Waals surface area (Å²) in [6, 6.07) is 26.6. The van der Waals surface area contributed by atoms with Gasteiger partial charge in [-0.1, -0.05) is 125 Å². The van der Waals surface area contributed by atoms with Crippen LogP contribution in [0.2, 0.25) is 0 Å². The number of ether oxygens (including phenoxy) is 2. The number of unbranched alkanes of at least 4 members (excludes halogenated alkanes) is 4. The van der Waals surface area contributed by atoms with Crippen molar-refractivity contribution in [2.75, 3.05) is 0 Å². The van der Waals surface area contributed by atoms with Crippen molar-refractivity contribution in [3.05, 3.63) is 101 Å². The Balaban J connectivity index is 1.70. The Kier molecular flexibility index (Phi) is 11.9. The average Bonchev–Trinajstić information content (AvgIpc) is 2.90. The largest absolute Gasteiger partial charge is 0.508 e. The normalized spacial score (nSPS) is 13.0. The van der Waals surface area contributed by atoms with Crippen LogP contribution in [-0.4, -0.2) is 5.11 Å². The highest BCUT2D eigenvalue weighted by Crippen LogP contribution is 2.31. The molecular formula is C32H42O3. The lowest BCUT2D eigenvalue weighted by Gasteiger charge is -2.22. The van der Waals surface area contributed by atoms with E-state index in [0.717, 1.165) is 36.8 Å². The smallest absolute Gasteiger partial charge is 0.121 e. The van der Waals surface area contributed by atoms with E-state index in [4.69, 9.17) is 9.47 Å². The first-order chi connectivity index (χ1) is 17.2. The summed E-state index contributed by atoms with van der Waals surface area (Å²) in [5, 5.41) is 10.7. The van der Waals surface area contributed by atoms with Crippen molar-refractivity contribution in [3.8, 4) is 5.75 Å². The molecule has 0 saturated carbocycles. The van der Waals surface area contributed by atoms with Crippen LogP contribution in [0.1, 0.15) is 99.7 Å². The minimum Gasteiger partial charge on any atom is -0.508 e. The van der Waals surface area contributed by atoms with E-state index in [1.165, 1.54) is 36.8 Å². The summed E-state index contributed by atoms with van der Waals surface area (Å²) in [7, 11) is 0. The van der Waals surface area contributed by atoms with Gasteiger partial charge in [0, 0.05) is 5.56 Å². The maximum atomic E-state index is 10.7. The van der Waals surface area contributed by atoms with Crippen molar-refractivity contribution in [1.29, 1.82) is 0 Å². The van der Waals surface area contributed by atoms with Gasteiger partial charge in [-0.25, -0.2) is 0 Å². The second-order valence-electron chi connectivity index (χ2n) is 9.33. The van der Waals surface area contributed by atoms with Gasteiger partial charge in [0.15, 0.2) is 0 Å². The molecule has 0 spiro atoms. The minimum atomic E-state index is 0.0160. The third kappa shape index (κ3) is 8.83. The molecule has 3 nitrogen and oxygen atoms in total. The number of aromatic hydroxyl groups is 1. The lowest BCUT2D eigenvalue weighted by atomic mass is 10.0. The highest BCUT2D eigenvalue weighted by Gasteiger charge is 2.17. The van der Waals surface area contributed by atoms with Gasteiger partial charge in [-0.3, -0.25) is 0 Å². The molecule has 3 rings (SSSR count). The molecule has 3 aromatic carbocycles. The van der Waals surface area contributed by atoms with Crippen molar-refractivity contribution in [1.82, 2.24) is 0 Å². The molecule has 1 N–H and O–H groups in total. The molecule has 0 amide bonds. The van der Waals surface area contributed by atoms with Gasteiger partial charge >= 0.3 is 0 Å². The standard InChI is InChI=1S/C32H42O3/c1-3-5-9-22-31(26-16-11-7-12-17-26)34-24-28-20-15-21-30(33)29(28)25-35-32(23-10-6-4-2)27-18-13-8-14-19-27/h7-8,11-21,31-33H,3-6,9-10,22-25H2,1-2H3. The molecule has 0 fully saturated rings. The van der Waals surface area contributed by atoms with E-state index in [9.17, 15) is 5.11 Å². The molecule has 0 bridgehead atoms. The van der Waals surface area contributed by atoms with Crippen molar-refractivity contribution in [2.45, 2.75) is 90.6 Å². The summed E-state index contributed by atoms with van der Waals surface area (Å²) >= 11 is 0. The molecule has 35 heavy (non-hydrogen) atoms. The van der Waals surface area contributed by atoms with Crippen LogP contribution < -0.4 is 0 Å². The molecule has 0 saturated heterocycles. The third-order valence-corrected chi connectivity index (χ3v) is 6.60. The van der Waals surface area contributed by atoms with Gasteiger partial charge in [0.2, 0.25) is 0 Å². The Morgan fingerprint density at radius 3 is 1.63 bits per heavy atom. The summed E-state index contributed by atoms with van der Waals surface area (Å²) in [5.74, 6) is 0.272. The second-order valence-corrected chi connectivity index (χ2v) is 9.33. The monoisotopic (exact) mass is 474 g/mol. The number of hydrogen-bond acceptors (Lipinski definition) is 3. The first-order valence-corrected chi connectivity index (χ1v) is 13.4. The van der Waals surface area contributed by atoms with Crippen molar-refractivity contribution in [2.24, 2.45) is 0 Å². The fourth-order valence-electron chi connectivity index (χ4n) is 4.48. The van der Waals surface area contributed by atoms with E-state index < -0.39 is 0 Å². The van der Waals surface area contributed by atoms with Gasteiger partial charge in [0.05, 0.1) is 25.4 Å². The Morgan fingerprint density at radius 2 is 1.11 bits per heavy atom. The second kappa shape index (κ2) is 15.4. The fraction of sp³-hybridized carbons (Fsp3) is 0.438. The van der Waals surface area contributed by atoms with Crippen LogP contribution in [0.25, 0.3) is 0 Å². The molecule has 3 aromatic rings. The van der Waals surface area contributed by atoms with Gasteiger partial charge in [-0.2, -0.15) is 0 Å². The van der Waals surface area contributed by atoms with E-state index in [1.54, 1.807) is 6.07 Å². The van der Waals surface area contributed by atoms with Crippen LogP contribution in [0.15, 0.2) is 78.9 Å². The average molecular weight is 475 g/mol. The quantitative estimate of drug-likeness (QED) is 0.210. The first-order valence-electron chi connectivity index (χ1n) is 13.4. The molecule has 0 aliphatic rings. The van der Waals surface area contributed by atoms with Gasteiger partial charge in [0.1, 0.15) is 5.75 Å². The fourth-order valence-corrected chi connectivity index (χ4v) is 4.48. The van der Waals surface area contributed by atoms with Crippen LogP contribution in [0.4, 0.5) is 0 Å². The lowest BCUT2D eigenvalue weighted by Crippen LogP contribution is -2.09. The number of hydrogen-bond donors (Lipinski definition) is 1. The highest BCUT2D eigenvalue weighted by atomic mass is 16.5. The van der Waals surface area contributed by atoms with Gasteiger partial charge in [-0.15, -0.1) is 0 Å². The molecule has 3 heteroatoms. The van der Waals surface area contributed by atoms with Crippen LogP contribution in [0, 0.1) is 0 Å². The molecule has 0 aliphatic carbocycles. The topological polar surface area (TPSA) is 38.7 Å². The molecular weight excluding hydrogens is 432 g/mol. The zero-order valence-electron chi connectivity index (χ0n) is 21.5. The SMILES string of the molecule is CCCCCC(OCc1cccc(O)c1COC(CCCCC)c1ccccc1)c1ccccc1. The van der Waals surface area contributed by atoms with E-state index in [-0.39, 0.29) is 18.0 Å². The van der Waals surface area contributed by atoms with E-state index >= 15 is 0 Å². The van der Waals surface area contributed by atoms with Crippen LogP contribution in [-0.2, 0) is 22.7 Å². The minimum absolute atomic E-state index is 0.0160. The van der Waals surface area contributed by atoms with Gasteiger partial charge in [-0.05, 0) is 35.6 Å². The van der Waals surface area contributed by atoms with E-state index in [2.05, 4.69) is 62.4 Å². The van der Waals surface area contributed by atoms with E-state index in [1.807, 2.05) is 24.3 Å². The van der Waals surface area contributed by atoms with Crippen LogP contribution in [0.5, 0.6) is 5.75 Å². The number of phenols is 1. The van der Waals surface area contributed by atoms with Gasteiger partial charge in [0.25, 0.3) is 0 Å². The van der Waals surface area contributed by atoms with Crippen molar-refractivity contribution in [3.63, 3.8) is 0 Å². The molecule has 2 atom stereocenters. The maximum absolute atomic E-state index is 10.7. The van der Waals surface area contributed by atoms with E-state index in [0.29, 0.717) is 13.2 Å². The summed E-state index contributed by atoms with van der Waals surface area (Å²) in [5.41, 5.74) is 4.21. The van der Waals surface area contributed by atoms with Crippen molar-refractivity contribution >= 4 is 0 Å². The summed E-state index contributed by atoms with van der Waals surface area (Å²) in [6.45, 7) is 5.26. The number of phenolic OH excluding ortho intramolecular Hbond substituents is 1.